The number of para-hydroxylation sites is 2. The van der Waals surface area contributed by atoms with Gasteiger partial charge in [-0.2, -0.15) is 0 Å². The lowest BCUT2D eigenvalue weighted by atomic mass is 10.0. The van der Waals surface area contributed by atoms with Gasteiger partial charge in [-0.25, -0.2) is 0 Å². The lowest BCUT2D eigenvalue weighted by Crippen LogP contribution is -2.15. The third-order valence-electron chi connectivity index (χ3n) is 4.73. The molecule has 3 rings (SSSR count). The summed E-state index contributed by atoms with van der Waals surface area (Å²) in [5.74, 6) is 2.56. The number of allylic oxidation sites excluding steroid dienone is 1. The molecule has 0 fully saturated rings. The number of ether oxygens (including phenoxy) is 2. The fourth-order valence-electron chi connectivity index (χ4n) is 3.01. The van der Waals surface area contributed by atoms with Gasteiger partial charge in [0.05, 0.1) is 18.6 Å². The molecule has 1 N–H and O–H groups in total. The Bertz CT molecular complexity index is 1050. The lowest BCUT2D eigenvalue weighted by Gasteiger charge is -2.11. The van der Waals surface area contributed by atoms with Crippen LogP contribution in [0.5, 0.6) is 11.5 Å². The standard InChI is InChI=1S/C24H28N4O3S/c1-5-14-28-22(15-31-19-12-10-18(11-13-19)17(2)3)26-27-24(28)32-16-23(29)25-20-8-6-7-9-21(20)30-4/h5-13,17H,1,14-16H2,2-4H3,(H,25,29). The molecule has 0 saturated heterocycles. The van der Waals surface area contributed by atoms with Crippen LogP contribution in [-0.2, 0) is 17.9 Å². The van der Waals surface area contributed by atoms with Crippen molar-refractivity contribution < 1.29 is 14.3 Å². The highest BCUT2D eigenvalue weighted by Crippen LogP contribution is 2.24. The zero-order valence-electron chi connectivity index (χ0n) is 18.6. The second-order valence-corrected chi connectivity index (χ2v) is 8.29. The maximum atomic E-state index is 12.4. The molecule has 8 heteroatoms. The largest absolute Gasteiger partial charge is 0.495 e. The van der Waals surface area contributed by atoms with Gasteiger partial charge in [0.25, 0.3) is 0 Å². The quantitative estimate of drug-likeness (QED) is 0.329. The van der Waals surface area contributed by atoms with E-state index in [4.69, 9.17) is 9.47 Å². The molecule has 1 heterocycles. The van der Waals surface area contributed by atoms with Gasteiger partial charge in [0.1, 0.15) is 18.1 Å². The number of benzene rings is 2. The predicted molar refractivity (Wildman–Crippen MR) is 127 cm³/mol. The van der Waals surface area contributed by atoms with Crippen molar-refractivity contribution in [1.29, 1.82) is 0 Å². The second-order valence-electron chi connectivity index (χ2n) is 7.35. The molecule has 32 heavy (non-hydrogen) atoms. The molecule has 0 aliphatic carbocycles. The Kier molecular flexibility index (Phi) is 8.33. The Morgan fingerprint density at radius 3 is 2.62 bits per heavy atom. The minimum absolute atomic E-state index is 0.157. The van der Waals surface area contributed by atoms with E-state index in [1.165, 1.54) is 17.3 Å². The molecule has 2 aromatic carbocycles. The molecule has 0 saturated carbocycles. The number of thioether (sulfide) groups is 1. The van der Waals surface area contributed by atoms with E-state index in [1.807, 2.05) is 28.8 Å². The summed E-state index contributed by atoms with van der Waals surface area (Å²) in [5, 5.41) is 12.0. The molecule has 1 amide bonds. The number of anilines is 1. The summed E-state index contributed by atoms with van der Waals surface area (Å²) in [6.07, 6.45) is 1.77. The molecule has 3 aromatic rings. The first-order valence-electron chi connectivity index (χ1n) is 10.3. The summed E-state index contributed by atoms with van der Waals surface area (Å²) >= 11 is 1.31. The first-order chi connectivity index (χ1) is 15.5. The number of rotatable bonds is 11. The van der Waals surface area contributed by atoms with Gasteiger partial charge in [0, 0.05) is 6.54 Å². The van der Waals surface area contributed by atoms with Gasteiger partial charge in [-0.05, 0) is 35.7 Å². The zero-order chi connectivity index (χ0) is 22.9. The predicted octanol–water partition coefficient (Wildman–Crippen LogP) is 4.91. The van der Waals surface area contributed by atoms with Crippen LogP contribution in [0.25, 0.3) is 0 Å². The van der Waals surface area contributed by atoms with E-state index < -0.39 is 0 Å². The zero-order valence-corrected chi connectivity index (χ0v) is 19.4. The topological polar surface area (TPSA) is 78.3 Å². The highest BCUT2D eigenvalue weighted by atomic mass is 32.2. The maximum Gasteiger partial charge on any atom is 0.234 e. The van der Waals surface area contributed by atoms with E-state index in [1.54, 1.807) is 25.3 Å². The van der Waals surface area contributed by atoms with E-state index in [-0.39, 0.29) is 18.3 Å². The van der Waals surface area contributed by atoms with E-state index in [9.17, 15) is 4.79 Å². The van der Waals surface area contributed by atoms with Crippen LogP contribution >= 0.6 is 11.8 Å². The van der Waals surface area contributed by atoms with Crippen LogP contribution in [0.3, 0.4) is 0 Å². The van der Waals surface area contributed by atoms with Crippen LogP contribution < -0.4 is 14.8 Å². The number of amides is 1. The lowest BCUT2D eigenvalue weighted by molar-refractivity contribution is -0.113. The van der Waals surface area contributed by atoms with Crippen LogP contribution in [0.1, 0.15) is 31.2 Å². The third-order valence-corrected chi connectivity index (χ3v) is 5.70. The molecule has 0 unspecified atom stereocenters. The summed E-state index contributed by atoms with van der Waals surface area (Å²) in [5.41, 5.74) is 1.89. The summed E-state index contributed by atoms with van der Waals surface area (Å²) in [4.78, 5) is 12.4. The van der Waals surface area contributed by atoms with Crippen molar-refractivity contribution in [2.24, 2.45) is 0 Å². The molecule has 0 radical (unpaired) electrons. The molecule has 0 aliphatic rings. The van der Waals surface area contributed by atoms with Crippen LogP contribution in [0.2, 0.25) is 0 Å². The summed E-state index contributed by atoms with van der Waals surface area (Å²) in [6, 6.07) is 15.3. The van der Waals surface area contributed by atoms with Crippen LogP contribution in [-0.4, -0.2) is 33.5 Å². The van der Waals surface area contributed by atoms with Crippen molar-refractivity contribution >= 4 is 23.4 Å². The van der Waals surface area contributed by atoms with E-state index in [0.29, 0.717) is 34.9 Å². The first-order valence-corrected chi connectivity index (χ1v) is 11.3. The van der Waals surface area contributed by atoms with E-state index in [2.05, 4.69) is 48.1 Å². The number of hydrogen-bond acceptors (Lipinski definition) is 6. The van der Waals surface area contributed by atoms with Crippen LogP contribution in [0.4, 0.5) is 5.69 Å². The number of hydrogen-bond donors (Lipinski definition) is 1. The Labute approximate surface area is 192 Å². The second kappa shape index (κ2) is 11.4. The Morgan fingerprint density at radius 2 is 1.94 bits per heavy atom. The van der Waals surface area contributed by atoms with Crippen LogP contribution in [0.15, 0.2) is 66.3 Å². The number of nitrogens with zero attached hydrogens (tertiary/aromatic N) is 3. The molecular formula is C24H28N4O3S. The molecule has 7 nitrogen and oxygen atoms in total. The Balaban J connectivity index is 1.61. The average molecular weight is 453 g/mol. The number of nitrogens with one attached hydrogen (secondary N) is 1. The molecule has 0 aliphatic heterocycles. The summed E-state index contributed by atoms with van der Waals surface area (Å²) < 4.78 is 13.1. The van der Waals surface area contributed by atoms with Crippen molar-refractivity contribution in [1.82, 2.24) is 14.8 Å². The van der Waals surface area contributed by atoms with Gasteiger partial charge in [-0.1, -0.05) is 56.0 Å². The average Bonchev–Trinajstić information content (AvgIpc) is 3.18. The van der Waals surface area contributed by atoms with Crippen molar-refractivity contribution in [2.45, 2.75) is 38.1 Å². The fourth-order valence-corrected chi connectivity index (χ4v) is 3.77. The third kappa shape index (κ3) is 6.13. The van der Waals surface area contributed by atoms with Gasteiger partial charge in [0.2, 0.25) is 5.91 Å². The highest BCUT2D eigenvalue weighted by Gasteiger charge is 2.15. The smallest absolute Gasteiger partial charge is 0.234 e. The molecule has 0 atom stereocenters. The van der Waals surface area contributed by atoms with Crippen molar-refractivity contribution in [2.75, 3.05) is 18.2 Å². The van der Waals surface area contributed by atoms with E-state index >= 15 is 0 Å². The normalized spacial score (nSPS) is 10.8. The van der Waals surface area contributed by atoms with Crippen molar-refractivity contribution in [3.05, 3.63) is 72.6 Å². The highest BCUT2D eigenvalue weighted by molar-refractivity contribution is 7.99. The van der Waals surface area contributed by atoms with E-state index in [0.717, 1.165) is 5.75 Å². The monoisotopic (exact) mass is 452 g/mol. The molecule has 1 aromatic heterocycles. The SMILES string of the molecule is C=CCn1c(COc2ccc(C(C)C)cc2)nnc1SCC(=O)Nc1ccccc1OC. The number of carbonyl (C=O) groups excluding carboxylic acids is 1. The van der Waals surface area contributed by atoms with Gasteiger partial charge >= 0.3 is 0 Å². The maximum absolute atomic E-state index is 12.4. The van der Waals surface area contributed by atoms with Crippen molar-refractivity contribution in [3.8, 4) is 11.5 Å². The Morgan fingerprint density at radius 1 is 1.19 bits per heavy atom. The minimum atomic E-state index is -0.157. The molecule has 168 valence electrons. The molecular weight excluding hydrogens is 424 g/mol. The van der Waals surface area contributed by atoms with Gasteiger partial charge in [-0.15, -0.1) is 16.8 Å². The van der Waals surface area contributed by atoms with Crippen molar-refractivity contribution in [3.63, 3.8) is 0 Å². The van der Waals surface area contributed by atoms with Gasteiger partial charge in [-0.3, -0.25) is 9.36 Å². The van der Waals surface area contributed by atoms with Crippen LogP contribution in [0, 0.1) is 0 Å². The summed E-state index contributed by atoms with van der Waals surface area (Å²) in [6.45, 7) is 8.92. The van der Waals surface area contributed by atoms with Gasteiger partial charge < -0.3 is 14.8 Å². The number of carbonyl (C=O) groups is 1. The van der Waals surface area contributed by atoms with Gasteiger partial charge in [0.15, 0.2) is 11.0 Å². The first kappa shape index (κ1) is 23.4. The number of aromatic nitrogens is 3. The molecule has 0 bridgehead atoms. The summed E-state index contributed by atoms with van der Waals surface area (Å²) in [7, 11) is 1.57. The minimum Gasteiger partial charge on any atom is -0.495 e. The fraction of sp³-hybridized carbons (Fsp3) is 0.292. The Hall–Kier alpha value is -3.26. The molecule has 0 spiro atoms. The number of methoxy groups -OCH3 is 1.